The molecule has 1 aromatic carbocycles. The lowest BCUT2D eigenvalue weighted by atomic mass is 10.0. The molecule has 0 amide bonds. The zero-order valence-corrected chi connectivity index (χ0v) is 10.0. The maximum absolute atomic E-state index is 13.6. The minimum atomic E-state index is -2.69. The van der Waals surface area contributed by atoms with Crippen LogP contribution in [0.2, 0.25) is 0 Å². The van der Waals surface area contributed by atoms with Crippen molar-refractivity contribution in [1.82, 2.24) is 0 Å². The summed E-state index contributed by atoms with van der Waals surface area (Å²) in [4.78, 5) is 0. The summed E-state index contributed by atoms with van der Waals surface area (Å²) in [6, 6.07) is 8.02. The number of halogens is 3. The van der Waals surface area contributed by atoms with E-state index in [-0.39, 0.29) is 12.0 Å². The Balaban J connectivity index is 2.35. The molecule has 0 N–H and O–H groups in total. The molecule has 0 aliphatic heterocycles. The van der Waals surface area contributed by atoms with Crippen LogP contribution in [0.4, 0.5) is 8.78 Å². The quantitative estimate of drug-likeness (QED) is 0.471. The average molecular weight is 247 g/mol. The van der Waals surface area contributed by atoms with E-state index in [1.54, 1.807) is 18.2 Å². The Morgan fingerprint density at radius 2 is 1.56 bits per heavy atom. The van der Waals surface area contributed by atoms with Crippen LogP contribution in [0.1, 0.15) is 37.7 Å². The minimum Gasteiger partial charge on any atom is -0.201 e. The molecule has 0 radical (unpaired) electrons. The van der Waals surface area contributed by atoms with Crippen molar-refractivity contribution in [2.75, 3.05) is 5.88 Å². The summed E-state index contributed by atoms with van der Waals surface area (Å²) >= 11 is 5.52. The number of benzene rings is 1. The monoisotopic (exact) mass is 246 g/mol. The van der Waals surface area contributed by atoms with Crippen LogP contribution in [0, 0.1) is 0 Å². The van der Waals surface area contributed by atoms with E-state index in [2.05, 4.69) is 0 Å². The second kappa shape index (κ2) is 6.85. The average Bonchev–Trinajstić information content (AvgIpc) is 2.30. The zero-order chi connectivity index (χ0) is 11.9. The van der Waals surface area contributed by atoms with Gasteiger partial charge in [-0.1, -0.05) is 43.2 Å². The Bertz CT molecular complexity index is 285. The topological polar surface area (TPSA) is 0 Å². The van der Waals surface area contributed by atoms with Crippen molar-refractivity contribution < 1.29 is 8.78 Å². The molecule has 90 valence electrons. The fourth-order valence-corrected chi connectivity index (χ4v) is 1.81. The molecule has 0 spiro atoms. The van der Waals surface area contributed by atoms with Gasteiger partial charge in [0, 0.05) is 17.9 Å². The molecule has 1 aromatic rings. The lowest BCUT2D eigenvalue weighted by Gasteiger charge is -2.16. The first-order chi connectivity index (χ1) is 7.67. The van der Waals surface area contributed by atoms with Crippen LogP contribution in [0.5, 0.6) is 0 Å². The third-order valence-corrected chi connectivity index (χ3v) is 2.84. The molecule has 16 heavy (non-hydrogen) atoms. The summed E-state index contributed by atoms with van der Waals surface area (Å²) in [7, 11) is 0. The van der Waals surface area contributed by atoms with Gasteiger partial charge in [0.15, 0.2) is 0 Å². The van der Waals surface area contributed by atoms with Crippen molar-refractivity contribution in [2.45, 2.75) is 38.0 Å². The number of rotatable bonds is 7. The first-order valence-electron chi connectivity index (χ1n) is 5.66. The molecule has 0 aromatic heterocycles. The predicted molar refractivity (Wildman–Crippen MR) is 64.1 cm³/mol. The van der Waals surface area contributed by atoms with E-state index in [0.29, 0.717) is 12.3 Å². The van der Waals surface area contributed by atoms with Crippen LogP contribution >= 0.6 is 11.6 Å². The third-order valence-electron chi connectivity index (χ3n) is 2.57. The van der Waals surface area contributed by atoms with E-state index in [1.807, 2.05) is 0 Å². The highest BCUT2D eigenvalue weighted by Gasteiger charge is 2.29. The van der Waals surface area contributed by atoms with Gasteiger partial charge in [-0.05, 0) is 12.8 Å². The predicted octanol–water partition coefficient (Wildman–Crippen LogP) is 4.97. The Labute approximate surface area is 101 Å². The summed E-state index contributed by atoms with van der Waals surface area (Å²) in [6.07, 6.45) is 3.17. The molecular formula is C13H17ClF2. The molecule has 0 heterocycles. The molecule has 0 unspecified atom stereocenters. The Hall–Kier alpha value is -0.630. The van der Waals surface area contributed by atoms with Crippen LogP contribution in [0.3, 0.4) is 0 Å². The van der Waals surface area contributed by atoms with Gasteiger partial charge in [0.2, 0.25) is 0 Å². The van der Waals surface area contributed by atoms with Gasteiger partial charge in [0.25, 0.3) is 5.92 Å². The van der Waals surface area contributed by atoms with Crippen LogP contribution in [0.15, 0.2) is 30.3 Å². The molecule has 3 heteroatoms. The number of alkyl halides is 3. The van der Waals surface area contributed by atoms with Gasteiger partial charge in [-0.2, -0.15) is 0 Å². The molecule has 0 aliphatic rings. The molecule has 1 rings (SSSR count). The molecule has 0 nitrogen and oxygen atoms in total. The number of hydrogen-bond donors (Lipinski definition) is 0. The van der Waals surface area contributed by atoms with Crippen molar-refractivity contribution >= 4 is 11.6 Å². The Morgan fingerprint density at radius 1 is 0.938 bits per heavy atom. The van der Waals surface area contributed by atoms with E-state index in [4.69, 9.17) is 11.6 Å². The van der Waals surface area contributed by atoms with Crippen molar-refractivity contribution in [3.05, 3.63) is 35.9 Å². The first-order valence-corrected chi connectivity index (χ1v) is 6.19. The maximum atomic E-state index is 13.6. The van der Waals surface area contributed by atoms with Gasteiger partial charge in [-0.3, -0.25) is 0 Å². The summed E-state index contributed by atoms with van der Waals surface area (Å²) in [5.74, 6) is -2.07. The Kier molecular flexibility index (Phi) is 5.75. The van der Waals surface area contributed by atoms with Gasteiger partial charge in [-0.15, -0.1) is 11.6 Å². The van der Waals surface area contributed by atoms with Crippen molar-refractivity contribution in [3.63, 3.8) is 0 Å². The first kappa shape index (κ1) is 13.4. The zero-order valence-electron chi connectivity index (χ0n) is 9.26. The van der Waals surface area contributed by atoms with Crippen LogP contribution in [0.25, 0.3) is 0 Å². The van der Waals surface area contributed by atoms with Crippen molar-refractivity contribution in [3.8, 4) is 0 Å². The van der Waals surface area contributed by atoms with Crippen LogP contribution in [-0.2, 0) is 5.92 Å². The van der Waals surface area contributed by atoms with E-state index < -0.39 is 5.92 Å². The van der Waals surface area contributed by atoms with E-state index >= 15 is 0 Å². The molecule has 0 aliphatic carbocycles. The number of unbranched alkanes of at least 4 members (excludes halogenated alkanes) is 3. The number of hydrogen-bond acceptors (Lipinski definition) is 0. The van der Waals surface area contributed by atoms with Gasteiger partial charge >= 0.3 is 0 Å². The van der Waals surface area contributed by atoms with E-state index in [1.165, 1.54) is 12.1 Å². The summed E-state index contributed by atoms with van der Waals surface area (Å²) in [5, 5.41) is 0. The lowest BCUT2D eigenvalue weighted by molar-refractivity contribution is -0.0158. The van der Waals surface area contributed by atoms with Crippen LogP contribution < -0.4 is 0 Å². The largest absolute Gasteiger partial charge is 0.273 e. The fourth-order valence-electron chi connectivity index (χ4n) is 1.62. The van der Waals surface area contributed by atoms with Gasteiger partial charge < -0.3 is 0 Å². The third kappa shape index (κ3) is 4.48. The summed E-state index contributed by atoms with van der Waals surface area (Å²) in [5.41, 5.74) is 0.118. The van der Waals surface area contributed by atoms with Crippen LogP contribution in [-0.4, -0.2) is 5.88 Å². The SMILES string of the molecule is FC(F)(CCCCCCCl)c1ccccc1. The summed E-state index contributed by atoms with van der Waals surface area (Å²) in [6.45, 7) is 0. The van der Waals surface area contributed by atoms with Gasteiger partial charge in [-0.25, -0.2) is 8.78 Å². The second-order valence-electron chi connectivity index (χ2n) is 3.92. The highest BCUT2D eigenvalue weighted by molar-refractivity contribution is 6.17. The molecule has 0 saturated carbocycles. The molecule has 0 bridgehead atoms. The lowest BCUT2D eigenvalue weighted by Crippen LogP contribution is -2.12. The molecule has 0 fully saturated rings. The fraction of sp³-hybridized carbons (Fsp3) is 0.538. The molecule has 0 atom stereocenters. The Morgan fingerprint density at radius 3 is 2.19 bits per heavy atom. The normalized spacial score (nSPS) is 11.7. The molecule has 0 saturated heterocycles. The van der Waals surface area contributed by atoms with Crippen molar-refractivity contribution in [2.24, 2.45) is 0 Å². The standard InChI is InChI=1S/C13H17ClF2/c14-11-7-2-1-6-10-13(15,16)12-8-4-3-5-9-12/h3-5,8-9H,1-2,6-7,10-11H2. The highest BCUT2D eigenvalue weighted by atomic mass is 35.5. The van der Waals surface area contributed by atoms with Crippen molar-refractivity contribution in [1.29, 1.82) is 0 Å². The minimum absolute atomic E-state index is 0.0701. The molecular weight excluding hydrogens is 230 g/mol. The van der Waals surface area contributed by atoms with Gasteiger partial charge in [0.05, 0.1) is 0 Å². The maximum Gasteiger partial charge on any atom is 0.273 e. The van der Waals surface area contributed by atoms with E-state index in [0.717, 1.165) is 19.3 Å². The van der Waals surface area contributed by atoms with E-state index in [9.17, 15) is 8.78 Å². The smallest absolute Gasteiger partial charge is 0.201 e. The summed E-state index contributed by atoms with van der Waals surface area (Å²) < 4.78 is 27.3. The van der Waals surface area contributed by atoms with Gasteiger partial charge in [0.1, 0.15) is 0 Å². The highest BCUT2D eigenvalue weighted by Crippen LogP contribution is 2.33. The second-order valence-corrected chi connectivity index (χ2v) is 4.30.